The van der Waals surface area contributed by atoms with E-state index in [2.05, 4.69) is 5.32 Å². The van der Waals surface area contributed by atoms with Crippen LogP contribution in [-0.2, 0) is 21.2 Å². The molecule has 2 heterocycles. The predicted molar refractivity (Wildman–Crippen MR) is 123 cm³/mol. The maximum absolute atomic E-state index is 14.4. The topological polar surface area (TPSA) is 99.2 Å². The van der Waals surface area contributed by atoms with Crippen LogP contribution in [0.15, 0.2) is 65.1 Å². The zero-order chi connectivity index (χ0) is 26.2. The molecule has 184 valence electrons. The molecular weight excluding hydrogens is 476 g/mol. The minimum atomic E-state index is -4.77. The van der Waals surface area contributed by atoms with Crippen molar-refractivity contribution in [3.63, 3.8) is 0 Å². The van der Waals surface area contributed by atoms with Crippen LogP contribution in [0.25, 0.3) is 0 Å². The summed E-state index contributed by atoms with van der Waals surface area (Å²) in [5, 5.41) is 12.8. The SMILES string of the molecule is CC1(C)CC(=O)C2=C(C1)N(c1ccccc1C(F)(F)F)C(N)=C(C#N)[C@]21C(=O)Nc2ccc(F)cc21. The van der Waals surface area contributed by atoms with Gasteiger partial charge in [0, 0.05) is 28.9 Å². The van der Waals surface area contributed by atoms with E-state index in [1.807, 2.05) is 6.07 Å². The number of benzene rings is 2. The van der Waals surface area contributed by atoms with Crippen LogP contribution in [0.1, 0.15) is 37.8 Å². The van der Waals surface area contributed by atoms with Crippen LogP contribution < -0.4 is 16.0 Å². The van der Waals surface area contributed by atoms with Gasteiger partial charge in [0.2, 0.25) is 5.91 Å². The first-order valence-corrected chi connectivity index (χ1v) is 11.1. The van der Waals surface area contributed by atoms with Gasteiger partial charge in [-0.2, -0.15) is 18.4 Å². The van der Waals surface area contributed by atoms with E-state index >= 15 is 0 Å². The molecule has 6 nitrogen and oxygen atoms in total. The van der Waals surface area contributed by atoms with Crippen LogP contribution in [0.5, 0.6) is 0 Å². The van der Waals surface area contributed by atoms with Gasteiger partial charge in [0.25, 0.3) is 0 Å². The zero-order valence-corrected chi connectivity index (χ0v) is 19.3. The van der Waals surface area contributed by atoms with Crippen molar-refractivity contribution in [1.29, 1.82) is 5.26 Å². The van der Waals surface area contributed by atoms with Crippen molar-refractivity contribution in [1.82, 2.24) is 0 Å². The van der Waals surface area contributed by atoms with Gasteiger partial charge in [-0.05, 0) is 42.2 Å². The monoisotopic (exact) mass is 496 g/mol. The van der Waals surface area contributed by atoms with Gasteiger partial charge in [-0.1, -0.05) is 26.0 Å². The lowest BCUT2D eigenvalue weighted by atomic mass is 9.60. The molecule has 0 saturated heterocycles. The molecule has 2 aromatic carbocycles. The zero-order valence-electron chi connectivity index (χ0n) is 19.3. The number of amides is 1. The average molecular weight is 496 g/mol. The number of fused-ring (bicyclic) bond motifs is 3. The number of halogens is 4. The van der Waals surface area contributed by atoms with E-state index in [9.17, 15) is 32.4 Å². The number of Topliss-reactive ketones (excluding diaryl/α,β-unsaturated/α-hetero) is 1. The number of anilines is 2. The molecule has 0 aromatic heterocycles. The highest BCUT2D eigenvalue weighted by Gasteiger charge is 2.61. The molecule has 0 fully saturated rings. The van der Waals surface area contributed by atoms with Crippen molar-refractivity contribution in [2.75, 3.05) is 10.2 Å². The first kappa shape index (κ1) is 23.6. The number of allylic oxidation sites excluding steroid dienone is 1. The van der Waals surface area contributed by atoms with Crippen LogP contribution in [0.3, 0.4) is 0 Å². The lowest BCUT2D eigenvalue weighted by Crippen LogP contribution is -2.52. The van der Waals surface area contributed by atoms with Crippen molar-refractivity contribution >= 4 is 23.1 Å². The van der Waals surface area contributed by atoms with E-state index in [1.54, 1.807) is 13.8 Å². The van der Waals surface area contributed by atoms with E-state index in [0.717, 1.165) is 23.1 Å². The first-order chi connectivity index (χ1) is 16.8. The van der Waals surface area contributed by atoms with Gasteiger partial charge >= 0.3 is 6.18 Å². The van der Waals surface area contributed by atoms with Gasteiger partial charge in [-0.3, -0.25) is 14.5 Å². The smallest absolute Gasteiger partial charge is 0.384 e. The Kier molecular flexibility index (Phi) is 4.87. The van der Waals surface area contributed by atoms with E-state index < -0.39 is 51.5 Å². The van der Waals surface area contributed by atoms with Crippen LogP contribution in [0.2, 0.25) is 0 Å². The van der Waals surface area contributed by atoms with Gasteiger partial charge < -0.3 is 11.1 Å². The van der Waals surface area contributed by atoms with Crippen LogP contribution in [-0.4, -0.2) is 11.7 Å². The summed E-state index contributed by atoms with van der Waals surface area (Å²) >= 11 is 0. The van der Waals surface area contributed by atoms with Crippen LogP contribution >= 0.6 is 0 Å². The number of para-hydroxylation sites is 1. The molecule has 2 aliphatic heterocycles. The third-order valence-corrected chi connectivity index (χ3v) is 6.91. The normalized spacial score (nSPS) is 23.0. The Morgan fingerprint density at radius 2 is 1.81 bits per heavy atom. The molecule has 3 aliphatic rings. The number of ketones is 1. The Morgan fingerprint density at radius 3 is 2.47 bits per heavy atom. The molecule has 5 rings (SSSR count). The number of rotatable bonds is 1. The van der Waals surface area contributed by atoms with Gasteiger partial charge in [-0.15, -0.1) is 0 Å². The van der Waals surface area contributed by atoms with E-state index in [1.165, 1.54) is 24.3 Å². The summed E-state index contributed by atoms with van der Waals surface area (Å²) in [5.41, 5.74) is 1.96. The summed E-state index contributed by atoms with van der Waals surface area (Å²) in [6.07, 6.45) is -4.72. The third kappa shape index (κ3) is 3.08. The molecule has 1 spiro atoms. The Morgan fingerprint density at radius 1 is 1.11 bits per heavy atom. The first-order valence-electron chi connectivity index (χ1n) is 11.1. The summed E-state index contributed by atoms with van der Waals surface area (Å²) in [5.74, 6) is -2.45. The molecule has 36 heavy (non-hydrogen) atoms. The Hall–Kier alpha value is -4.13. The number of nitrogens with one attached hydrogen (secondary N) is 1. The van der Waals surface area contributed by atoms with Gasteiger partial charge in [-0.25, -0.2) is 4.39 Å². The highest BCUT2D eigenvalue weighted by Crippen LogP contribution is 2.57. The average Bonchev–Trinajstić information content (AvgIpc) is 3.04. The second-order valence-corrected chi connectivity index (χ2v) is 9.88. The molecule has 0 unspecified atom stereocenters. The van der Waals surface area contributed by atoms with E-state index in [0.29, 0.717) is 0 Å². The molecule has 0 radical (unpaired) electrons. The van der Waals surface area contributed by atoms with Crippen molar-refractivity contribution in [2.24, 2.45) is 11.1 Å². The summed E-state index contributed by atoms with van der Waals surface area (Å²) in [6, 6.07) is 10.0. The fourth-order valence-electron chi connectivity index (χ4n) is 5.57. The number of carbonyl (C=O) groups is 2. The van der Waals surface area contributed by atoms with Crippen molar-refractivity contribution in [3.05, 3.63) is 82.1 Å². The fourth-order valence-corrected chi connectivity index (χ4v) is 5.57. The third-order valence-electron chi connectivity index (χ3n) is 6.91. The lowest BCUT2D eigenvalue weighted by Gasteiger charge is -2.47. The molecule has 0 saturated carbocycles. The van der Waals surface area contributed by atoms with Crippen molar-refractivity contribution in [2.45, 2.75) is 38.3 Å². The Labute approximate surface area is 203 Å². The van der Waals surface area contributed by atoms with E-state index in [4.69, 9.17) is 5.73 Å². The number of alkyl halides is 3. The fraction of sp³-hybridized carbons (Fsp3) is 0.269. The molecule has 3 N–H and O–H groups in total. The number of nitrogens with zero attached hydrogens (tertiary/aromatic N) is 2. The highest BCUT2D eigenvalue weighted by atomic mass is 19.4. The largest absolute Gasteiger partial charge is 0.418 e. The Balaban J connectivity index is 1.93. The highest BCUT2D eigenvalue weighted by molar-refractivity contribution is 6.20. The maximum Gasteiger partial charge on any atom is 0.418 e. The minimum absolute atomic E-state index is 0.0244. The molecule has 10 heteroatoms. The lowest BCUT2D eigenvalue weighted by molar-refractivity contribution is -0.137. The molecule has 0 bridgehead atoms. The number of carbonyl (C=O) groups excluding carboxylic acids is 2. The standard InChI is InChI=1S/C26H20F4N4O2/c1-24(2)10-19-21(20(35)11-24)25(15-9-13(27)7-8-17(15)33-23(25)36)16(12-31)22(32)34(19)18-6-4-3-5-14(18)26(28,29)30/h3-9H,10-11,32H2,1-2H3,(H,33,36)/t25-/m0/s1. The summed E-state index contributed by atoms with van der Waals surface area (Å²) in [6.45, 7) is 3.55. The summed E-state index contributed by atoms with van der Waals surface area (Å²) < 4.78 is 56.5. The number of nitrogens with two attached hydrogens (primary N) is 1. The van der Waals surface area contributed by atoms with E-state index in [-0.39, 0.29) is 41.1 Å². The summed E-state index contributed by atoms with van der Waals surface area (Å²) in [7, 11) is 0. The Bertz CT molecular complexity index is 1470. The van der Waals surface area contributed by atoms with Crippen LogP contribution in [0, 0.1) is 22.6 Å². The molecular formula is C26H20F4N4O2. The van der Waals surface area contributed by atoms with Crippen LogP contribution in [0.4, 0.5) is 28.9 Å². The maximum atomic E-state index is 14.4. The second-order valence-electron chi connectivity index (χ2n) is 9.88. The van der Waals surface area contributed by atoms with Gasteiger partial charge in [0.15, 0.2) is 5.78 Å². The van der Waals surface area contributed by atoms with Crippen molar-refractivity contribution < 1.29 is 27.2 Å². The summed E-state index contributed by atoms with van der Waals surface area (Å²) in [4.78, 5) is 28.4. The number of nitriles is 1. The molecule has 1 atom stereocenters. The predicted octanol–water partition coefficient (Wildman–Crippen LogP) is 4.89. The van der Waals surface area contributed by atoms with Crippen molar-refractivity contribution in [3.8, 4) is 6.07 Å². The molecule has 1 aliphatic carbocycles. The number of hydrogen-bond donors (Lipinski definition) is 2. The second kappa shape index (κ2) is 7.43. The van der Waals surface area contributed by atoms with Gasteiger partial charge in [0.1, 0.15) is 23.1 Å². The quantitative estimate of drug-likeness (QED) is 0.548. The minimum Gasteiger partial charge on any atom is -0.384 e. The molecule has 1 amide bonds. The number of hydrogen-bond acceptors (Lipinski definition) is 5. The molecule has 2 aromatic rings. The van der Waals surface area contributed by atoms with Gasteiger partial charge in [0.05, 0.1) is 16.8 Å².